The van der Waals surface area contributed by atoms with Crippen molar-refractivity contribution in [2.24, 2.45) is 7.05 Å². The summed E-state index contributed by atoms with van der Waals surface area (Å²) in [4.78, 5) is 37.6. The number of aromatic nitrogens is 5. The zero-order valence-electron chi connectivity index (χ0n) is 16.8. The number of rotatable bonds is 5. The number of aryl methyl sites for hydroxylation is 3. The predicted octanol–water partition coefficient (Wildman–Crippen LogP) is 3.58. The highest BCUT2D eigenvalue weighted by Gasteiger charge is 2.21. The summed E-state index contributed by atoms with van der Waals surface area (Å²) in [6.45, 7) is 2.09. The van der Waals surface area contributed by atoms with E-state index in [1.165, 1.54) is 50.5 Å². The highest BCUT2D eigenvalue weighted by molar-refractivity contribution is 7.98. The van der Waals surface area contributed by atoms with Crippen LogP contribution in [0.2, 0.25) is 0 Å². The van der Waals surface area contributed by atoms with E-state index in [4.69, 9.17) is 4.98 Å². The van der Waals surface area contributed by atoms with Gasteiger partial charge >= 0.3 is 0 Å². The fraction of sp³-hybridized carbons (Fsp3) is 0.450. The van der Waals surface area contributed by atoms with Crippen LogP contribution in [0.25, 0.3) is 15.2 Å². The van der Waals surface area contributed by atoms with Gasteiger partial charge in [0.2, 0.25) is 4.96 Å². The lowest BCUT2D eigenvalue weighted by Gasteiger charge is -2.10. The van der Waals surface area contributed by atoms with E-state index in [-0.39, 0.29) is 11.1 Å². The molecule has 1 aliphatic carbocycles. The highest BCUT2D eigenvalue weighted by Crippen LogP contribution is 2.34. The van der Waals surface area contributed by atoms with Crippen LogP contribution < -0.4 is 11.1 Å². The zero-order chi connectivity index (χ0) is 20.8. The Balaban J connectivity index is 1.47. The summed E-state index contributed by atoms with van der Waals surface area (Å²) in [5, 5.41) is 6.72. The van der Waals surface area contributed by atoms with Gasteiger partial charge < -0.3 is 0 Å². The Bertz CT molecular complexity index is 1380. The smallest absolute Gasteiger partial charge is 0.275 e. The summed E-state index contributed by atoms with van der Waals surface area (Å²) in [6.07, 6.45) is 6.16. The second-order valence-corrected chi connectivity index (χ2v) is 10.5. The van der Waals surface area contributed by atoms with Crippen molar-refractivity contribution in [3.63, 3.8) is 0 Å². The van der Waals surface area contributed by atoms with Gasteiger partial charge in [0.25, 0.3) is 11.1 Å². The van der Waals surface area contributed by atoms with Crippen molar-refractivity contribution in [3.8, 4) is 0 Å². The Morgan fingerprint density at radius 3 is 2.83 bits per heavy atom. The minimum Gasteiger partial charge on any atom is -0.290 e. The Morgan fingerprint density at radius 1 is 1.17 bits per heavy atom. The van der Waals surface area contributed by atoms with Gasteiger partial charge in [0, 0.05) is 30.2 Å². The van der Waals surface area contributed by atoms with Gasteiger partial charge in [0.1, 0.15) is 9.84 Å². The predicted molar refractivity (Wildman–Crippen MR) is 122 cm³/mol. The standard InChI is InChI=1S/C20H21N5O2S3/c1-3-6-14-23-25-15(26)9-11(21-20(25)30-14)10-28-19-22-17-16(18(27)24(19)2)12-7-4-5-8-13(12)29-17/h9H,3-8,10H2,1-2H3. The van der Waals surface area contributed by atoms with Crippen molar-refractivity contribution < 1.29 is 0 Å². The summed E-state index contributed by atoms with van der Waals surface area (Å²) < 4.78 is 3.01. The lowest BCUT2D eigenvalue weighted by atomic mass is 9.97. The van der Waals surface area contributed by atoms with Crippen molar-refractivity contribution in [2.75, 3.05) is 0 Å². The summed E-state index contributed by atoms with van der Waals surface area (Å²) >= 11 is 4.56. The van der Waals surface area contributed by atoms with Crippen LogP contribution in [0.3, 0.4) is 0 Å². The molecule has 0 saturated carbocycles. The second kappa shape index (κ2) is 7.90. The number of nitrogens with zero attached hydrogens (tertiary/aromatic N) is 5. The van der Waals surface area contributed by atoms with E-state index in [2.05, 4.69) is 17.0 Å². The molecule has 30 heavy (non-hydrogen) atoms. The van der Waals surface area contributed by atoms with Crippen molar-refractivity contribution in [2.45, 2.75) is 56.4 Å². The second-order valence-electron chi connectivity index (χ2n) is 7.46. The lowest BCUT2D eigenvalue weighted by molar-refractivity contribution is 0.695. The number of fused-ring (bicyclic) bond motifs is 4. The number of hydrogen-bond donors (Lipinski definition) is 0. The SMILES string of the molecule is CCCc1nn2c(=O)cc(CSc3nc4sc5c(c4c(=O)n3C)CCCC5)nc2s1. The minimum absolute atomic E-state index is 0.0250. The van der Waals surface area contributed by atoms with Crippen LogP contribution in [0.4, 0.5) is 0 Å². The molecule has 5 rings (SSSR count). The number of hydrogen-bond acceptors (Lipinski definition) is 8. The first-order chi connectivity index (χ1) is 14.5. The van der Waals surface area contributed by atoms with Crippen LogP contribution in [0.5, 0.6) is 0 Å². The maximum atomic E-state index is 13.0. The van der Waals surface area contributed by atoms with Gasteiger partial charge in [-0.15, -0.1) is 11.3 Å². The van der Waals surface area contributed by atoms with Gasteiger partial charge in [0.05, 0.1) is 11.1 Å². The first kappa shape index (κ1) is 19.9. The van der Waals surface area contributed by atoms with E-state index in [1.807, 2.05) is 0 Å². The van der Waals surface area contributed by atoms with Crippen molar-refractivity contribution in [3.05, 3.63) is 47.9 Å². The Morgan fingerprint density at radius 2 is 2.00 bits per heavy atom. The summed E-state index contributed by atoms with van der Waals surface area (Å²) in [5.74, 6) is 0.476. The molecule has 0 atom stereocenters. The van der Waals surface area contributed by atoms with Crippen LogP contribution in [0, 0.1) is 0 Å². The molecular formula is C20H21N5O2S3. The van der Waals surface area contributed by atoms with Gasteiger partial charge in [-0.2, -0.15) is 9.61 Å². The van der Waals surface area contributed by atoms with E-state index in [9.17, 15) is 9.59 Å². The molecule has 7 nitrogen and oxygen atoms in total. The first-order valence-corrected chi connectivity index (χ1v) is 12.7. The third kappa shape index (κ3) is 3.40. The monoisotopic (exact) mass is 459 g/mol. The highest BCUT2D eigenvalue weighted by atomic mass is 32.2. The van der Waals surface area contributed by atoms with Gasteiger partial charge in [-0.3, -0.25) is 14.2 Å². The third-order valence-electron chi connectivity index (χ3n) is 5.31. The van der Waals surface area contributed by atoms with Crippen molar-refractivity contribution in [1.29, 1.82) is 0 Å². The zero-order valence-corrected chi connectivity index (χ0v) is 19.3. The third-order valence-corrected chi connectivity index (χ3v) is 8.53. The quantitative estimate of drug-likeness (QED) is 0.335. The number of thiophene rings is 1. The van der Waals surface area contributed by atoms with Crippen LogP contribution in [-0.2, 0) is 32.1 Å². The van der Waals surface area contributed by atoms with E-state index in [0.717, 1.165) is 47.3 Å². The molecule has 0 N–H and O–H groups in total. The molecule has 0 radical (unpaired) electrons. The molecule has 0 unspecified atom stereocenters. The number of thioether (sulfide) groups is 1. The van der Waals surface area contributed by atoms with Crippen molar-refractivity contribution in [1.82, 2.24) is 24.1 Å². The fourth-order valence-corrected chi connectivity index (χ4v) is 7.01. The fourth-order valence-electron chi connectivity index (χ4n) is 3.82. The van der Waals surface area contributed by atoms with Crippen LogP contribution >= 0.6 is 34.4 Å². The van der Waals surface area contributed by atoms with Crippen LogP contribution in [0.1, 0.15) is 47.3 Å². The molecule has 0 saturated heterocycles. The molecule has 156 valence electrons. The molecule has 4 aromatic rings. The van der Waals surface area contributed by atoms with Gasteiger partial charge in [-0.25, -0.2) is 9.97 Å². The van der Waals surface area contributed by atoms with E-state index in [0.29, 0.717) is 21.6 Å². The van der Waals surface area contributed by atoms with Crippen LogP contribution in [-0.4, -0.2) is 24.1 Å². The van der Waals surface area contributed by atoms with E-state index >= 15 is 0 Å². The Labute approximate surface area is 184 Å². The molecule has 0 amide bonds. The summed E-state index contributed by atoms with van der Waals surface area (Å²) in [7, 11) is 1.77. The molecule has 0 aromatic carbocycles. The maximum absolute atomic E-state index is 13.0. The molecule has 0 spiro atoms. The van der Waals surface area contributed by atoms with E-state index in [1.54, 1.807) is 23.0 Å². The molecule has 1 aliphatic rings. The molecule has 0 aliphatic heterocycles. The topological polar surface area (TPSA) is 82.2 Å². The Hall–Kier alpha value is -2.04. The molecule has 4 aromatic heterocycles. The molecule has 0 bridgehead atoms. The van der Waals surface area contributed by atoms with Crippen molar-refractivity contribution >= 4 is 49.6 Å². The average Bonchev–Trinajstić information content (AvgIpc) is 3.31. The molecular weight excluding hydrogens is 438 g/mol. The van der Waals surface area contributed by atoms with Gasteiger partial charge in [-0.1, -0.05) is 30.0 Å². The molecule has 4 heterocycles. The minimum atomic E-state index is -0.169. The molecule has 10 heteroatoms. The summed E-state index contributed by atoms with van der Waals surface area (Å²) in [5.41, 5.74) is 1.74. The van der Waals surface area contributed by atoms with Gasteiger partial charge in [-0.05, 0) is 37.7 Å². The van der Waals surface area contributed by atoms with Gasteiger partial charge in [0.15, 0.2) is 5.16 Å². The first-order valence-electron chi connectivity index (χ1n) is 10.1. The lowest BCUT2D eigenvalue weighted by Crippen LogP contribution is -2.20. The normalized spacial score (nSPS) is 13.9. The average molecular weight is 460 g/mol. The Kier molecular flexibility index (Phi) is 5.24. The maximum Gasteiger partial charge on any atom is 0.275 e. The van der Waals surface area contributed by atoms with Crippen LogP contribution in [0.15, 0.2) is 20.8 Å². The van der Waals surface area contributed by atoms with E-state index < -0.39 is 0 Å². The summed E-state index contributed by atoms with van der Waals surface area (Å²) in [6, 6.07) is 1.52. The largest absolute Gasteiger partial charge is 0.290 e. The molecule has 0 fully saturated rings.